The molecule has 1 aromatic rings. The first kappa shape index (κ1) is 15.4. The number of ether oxygens (including phenoxy) is 2. The summed E-state index contributed by atoms with van der Waals surface area (Å²) in [6, 6.07) is 8.71. The van der Waals surface area contributed by atoms with E-state index in [0.717, 1.165) is 12.8 Å². The van der Waals surface area contributed by atoms with Crippen LogP contribution < -0.4 is 4.74 Å². The van der Waals surface area contributed by atoms with Crippen molar-refractivity contribution in [1.82, 2.24) is 4.90 Å². The van der Waals surface area contributed by atoms with E-state index in [1.165, 1.54) is 0 Å². The predicted molar refractivity (Wildman–Crippen MR) is 77.9 cm³/mol. The predicted octanol–water partition coefficient (Wildman–Crippen LogP) is 2.01. The summed E-state index contributed by atoms with van der Waals surface area (Å²) in [5.74, 6) is 0.164. The highest BCUT2D eigenvalue weighted by Gasteiger charge is 2.33. The molecule has 2 rings (SSSR count). The van der Waals surface area contributed by atoms with Gasteiger partial charge < -0.3 is 14.4 Å². The van der Waals surface area contributed by atoms with E-state index in [1.807, 2.05) is 18.2 Å². The summed E-state index contributed by atoms with van der Waals surface area (Å²) in [5, 5.41) is 0. The summed E-state index contributed by atoms with van der Waals surface area (Å²) in [5.41, 5.74) is 0. The Balaban J connectivity index is 1.93. The maximum Gasteiger partial charge on any atom is 0.328 e. The molecule has 0 bridgehead atoms. The third-order valence-electron chi connectivity index (χ3n) is 3.49. The number of hydrogen-bond acceptors (Lipinski definition) is 4. The lowest BCUT2D eigenvalue weighted by molar-refractivity contribution is -0.157. The van der Waals surface area contributed by atoms with Crippen molar-refractivity contribution in [1.29, 1.82) is 0 Å². The van der Waals surface area contributed by atoms with E-state index in [-0.39, 0.29) is 18.5 Å². The lowest BCUT2D eigenvalue weighted by Gasteiger charge is -2.33. The molecule has 1 atom stereocenters. The average molecular weight is 291 g/mol. The van der Waals surface area contributed by atoms with E-state index in [1.54, 1.807) is 24.0 Å². The van der Waals surface area contributed by atoms with Crippen molar-refractivity contribution in [3.63, 3.8) is 0 Å². The molecule has 1 aromatic carbocycles. The average Bonchev–Trinajstić information content (AvgIpc) is 2.54. The van der Waals surface area contributed by atoms with Crippen molar-refractivity contribution >= 4 is 11.9 Å². The molecule has 1 fully saturated rings. The number of esters is 1. The van der Waals surface area contributed by atoms with Crippen molar-refractivity contribution in [2.45, 2.75) is 32.2 Å². The Hall–Kier alpha value is -2.04. The van der Waals surface area contributed by atoms with Crippen molar-refractivity contribution in [3.05, 3.63) is 30.3 Å². The van der Waals surface area contributed by atoms with Crippen molar-refractivity contribution in [2.24, 2.45) is 0 Å². The maximum atomic E-state index is 12.3. The van der Waals surface area contributed by atoms with Crippen LogP contribution in [0.5, 0.6) is 5.75 Å². The molecule has 0 aromatic heterocycles. The first-order chi connectivity index (χ1) is 10.2. The summed E-state index contributed by atoms with van der Waals surface area (Å²) in [4.78, 5) is 25.8. The molecule has 0 aliphatic carbocycles. The minimum Gasteiger partial charge on any atom is -0.484 e. The molecule has 5 nitrogen and oxygen atoms in total. The largest absolute Gasteiger partial charge is 0.484 e. The van der Waals surface area contributed by atoms with Crippen LogP contribution in [0.25, 0.3) is 0 Å². The number of likely N-dealkylation sites (tertiary alicyclic amines) is 1. The molecule has 0 saturated carbocycles. The molecular formula is C16H21NO4. The molecule has 0 radical (unpaired) electrons. The Morgan fingerprint density at radius 1 is 1.24 bits per heavy atom. The molecule has 0 spiro atoms. The monoisotopic (exact) mass is 291 g/mol. The van der Waals surface area contributed by atoms with Gasteiger partial charge in [0.1, 0.15) is 11.8 Å². The van der Waals surface area contributed by atoms with Crippen LogP contribution >= 0.6 is 0 Å². The number of carbonyl (C=O) groups excluding carboxylic acids is 2. The third kappa shape index (κ3) is 4.21. The lowest BCUT2D eigenvalue weighted by atomic mass is 10.0. The van der Waals surface area contributed by atoms with Crippen molar-refractivity contribution in [3.8, 4) is 5.75 Å². The second-order valence-electron chi connectivity index (χ2n) is 4.95. The highest BCUT2D eigenvalue weighted by Crippen LogP contribution is 2.19. The van der Waals surface area contributed by atoms with Gasteiger partial charge in [-0.25, -0.2) is 4.79 Å². The molecule has 1 heterocycles. The molecular weight excluding hydrogens is 270 g/mol. The van der Waals surface area contributed by atoms with Crippen LogP contribution in [0.3, 0.4) is 0 Å². The van der Waals surface area contributed by atoms with Gasteiger partial charge in [0, 0.05) is 6.54 Å². The molecule has 1 saturated heterocycles. The van der Waals surface area contributed by atoms with Crippen LogP contribution in [0.2, 0.25) is 0 Å². The van der Waals surface area contributed by atoms with Crippen LogP contribution in [0.15, 0.2) is 30.3 Å². The van der Waals surface area contributed by atoms with E-state index in [0.29, 0.717) is 25.3 Å². The second-order valence-corrected chi connectivity index (χ2v) is 4.95. The topological polar surface area (TPSA) is 55.8 Å². The number of hydrogen-bond donors (Lipinski definition) is 0. The van der Waals surface area contributed by atoms with Gasteiger partial charge in [-0.15, -0.1) is 0 Å². The van der Waals surface area contributed by atoms with Gasteiger partial charge in [-0.05, 0) is 38.3 Å². The highest BCUT2D eigenvalue weighted by atomic mass is 16.5. The summed E-state index contributed by atoms with van der Waals surface area (Å²) >= 11 is 0. The van der Waals surface area contributed by atoms with Gasteiger partial charge in [-0.3, -0.25) is 4.79 Å². The molecule has 1 amide bonds. The first-order valence-electron chi connectivity index (χ1n) is 7.36. The molecule has 1 aliphatic rings. The van der Waals surface area contributed by atoms with E-state index in [4.69, 9.17) is 9.47 Å². The molecule has 1 unspecified atom stereocenters. The fourth-order valence-electron chi connectivity index (χ4n) is 2.46. The Morgan fingerprint density at radius 3 is 2.71 bits per heavy atom. The zero-order chi connectivity index (χ0) is 15.1. The molecule has 114 valence electrons. The summed E-state index contributed by atoms with van der Waals surface area (Å²) < 4.78 is 10.5. The van der Waals surface area contributed by atoms with E-state index in [9.17, 15) is 9.59 Å². The number of amides is 1. The number of carbonyl (C=O) groups is 2. The summed E-state index contributed by atoms with van der Waals surface area (Å²) in [7, 11) is 0. The molecule has 5 heteroatoms. The van der Waals surface area contributed by atoms with Gasteiger partial charge in [-0.2, -0.15) is 0 Å². The van der Waals surface area contributed by atoms with E-state index >= 15 is 0 Å². The number of piperidine rings is 1. The van der Waals surface area contributed by atoms with Gasteiger partial charge in [0.05, 0.1) is 6.61 Å². The highest BCUT2D eigenvalue weighted by molar-refractivity contribution is 5.85. The smallest absolute Gasteiger partial charge is 0.328 e. The standard InChI is InChI=1S/C16H21NO4/c1-2-20-16(19)14-10-6-7-11-17(14)15(18)12-21-13-8-4-3-5-9-13/h3-5,8-9,14H,2,6-7,10-12H2,1H3. The molecule has 1 aliphatic heterocycles. The van der Waals surface area contributed by atoms with Crippen LogP contribution in [0.4, 0.5) is 0 Å². The number of rotatable bonds is 5. The van der Waals surface area contributed by atoms with Crippen molar-refractivity contribution < 1.29 is 19.1 Å². The van der Waals surface area contributed by atoms with Gasteiger partial charge in [-0.1, -0.05) is 18.2 Å². The minimum absolute atomic E-state index is 0.0556. The molecule has 0 N–H and O–H groups in total. The van der Waals surface area contributed by atoms with Gasteiger partial charge in [0.15, 0.2) is 6.61 Å². The van der Waals surface area contributed by atoms with E-state index < -0.39 is 6.04 Å². The zero-order valence-electron chi connectivity index (χ0n) is 12.3. The Morgan fingerprint density at radius 2 is 2.00 bits per heavy atom. The SMILES string of the molecule is CCOC(=O)C1CCCCN1C(=O)COc1ccccc1. The van der Waals surface area contributed by atoms with Gasteiger partial charge in [0.25, 0.3) is 5.91 Å². The lowest BCUT2D eigenvalue weighted by Crippen LogP contribution is -2.50. The number of benzene rings is 1. The second kappa shape index (κ2) is 7.67. The normalized spacial score (nSPS) is 18.1. The zero-order valence-corrected chi connectivity index (χ0v) is 12.3. The quantitative estimate of drug-likeness (QED) is 0.779. The Labute approximate surface area is 124 Å². The van der Waals surface area contributed by atoms with Crippen LogP contribution in [-0.2, 0) is 14.3 Å². The van der Waals surface area contributed by atoms with Gasteiger partial charge >= 0.3 is 5.97 Å². The Kier molecular flexibility index (Phi) is 5.60. The maximum absolute atomic E-state index is 12.3. The third-order valence-corrected chi connectivity index (χ3v) is 3.49. The summed E-state index contributed by atoms with van der Waals surface area (Å²) in [6.07, 6.45) is 2.51. The van der Waals surface area contributed by atoms with E-state index in [2.05, 4.69) is 0 Å². The van der Waals surface area contributed by atoms with Crippen molar-refractivity contribution in [2.75, 3.05) is 19.8 Å². The summed E-state index contributed by atoms with van der Waals surface area (Å²) in [6.45, 7) is 2.63. The minimum atomic E-state index is -0.467. The van der Waals surface area contributed by atoms with Crippen LogP contribution in [0.1, 0.15) is 26.2 Å². The Bertz CT molecular complexity index is 474. The number of para-hydroxylation sites is 1. The first-order valence-corrected chi connectivity index (χ1v) is 7.36. The fraction of sp³-hybridized carbons (Fsp3) is 0.500. The number of nitrogens with zero attached hydrogens (tertiary/aromatic N) is 1. The molecule has 21 heavy (non-hydrogen) atoms. The van der Waals surface area contributed by atoms with Crippen LogP contribution in [0, 0.1) is 0 Å². The fourth-order valence-corrected chi connectivity index (χ4v) is 2.46. The van der Waals surface area contributed by atoms with Crippen LogP contribution in [-0.4, -0.2) is 42.6 Å². The van der Waals surface area contributed by atoms with Gasteiger partial charge in [0.2, 0.25) is 0 Å².